The molecule has 0 saturated carbocycles. The second kappa shape index (κ2) is 3.96. The molecule has 16 heavy (non-hydrogen) atoms. The number of hydrogen-bond donors (Lipinski definition) is 3. The summed E-state index contributed by atoms with van der Waals surface area (Å²) in [4.78, 5) is 2.09. The maximum Gasteiger partial charge on any atom is 0.139 e. The van der Waals surface area contributed by atoms with Crippen LogP contribution < -0.4 is 16.0 Å². The van der Waals surface area contributed by atoms with E-state index in [0.29, 0.717) is 0 Å². The number of nitrogens with one attached hydrogen (secondary N) is 1. The van der Waals surface area contributed by atoms with Crippen molar-refractivity contribution in [3.8, 4) is 0 Å². The lowest BCUT2D eigenvalue weighted by Gasteiger charge is -2.27. The summed E-state index contributed by atoms with van der Waals surface area (Å²) in [6, 6.07) is 5.88. The van der Waals surface area contributed by atoms with Crippen LogP contribution in [-0.4, -0.2) is 17.2 Å². The molecule has 0 spiro atoms. The molecular weight excluding hydrogens is 202 g/mol. The van der Waals surface area contributed by atoms with Crippen LogP contribution in [0.3, 0.4) is 0 Å². The van der Waals surface area contributed by atoms with Crippen LogP contribution in [0.1, 0.15) is 19.4 Å². The number of fused-ring (bicyclic) bond motifs is 1. The van der Waals surface area contributed by atoms with Crippen molar-refractivity contribution < 1.29 is 5.11 Å². The van der Waals surface area contributed by atoms with Gasteiger partial charge in [-0.15, -0.1) is 0 Å². The number of hydrogen-bond acceptors (Lipinski definition) is 4. The molecule has 4 heteroatoms. The zero-order chi connectivity index (χ0) is 11.8. The van der Waals surface area contributed by atoms with Crippen molar-refractivity contribution in [2.75, 3.05) is 16.8 Å². The second-order valence-electron chi connectivity index (χ2n) is 4.90. The van der Waals surface area contributed by atoms with Gasteiger partial charge in [-0.2, -0.15) is 0 Å². The van der Waals surface area contributed by atoms with Crippen molar-refractivity contribution in [3.63, 3.8) is 0 Å². The zero-order valence-electron chi connectivity index (χ0n) is 9.70. The number of nitrogens with two attached hydrogens (primary N) is 1. The normalized spacial score (nSPS) is 14.9. The maximum absolute atomic E-state index is 9.05. The summed E-state index contributed by atoms with van der Waals surface area (Å²) in [6.07, 6.45) is 0. The number of nitrogens with zero attached hydrogens (tertiary/aromatic N) is 1. The van der Waals surface area contributed by atoms with Crippen LogP contribution in [0, 0.1) is 6.67 Å². The first-order chi connectivity index (χ1) is 7.49. The molecule has 1 aliphatic heterocycles. The average molecular weight is 220 g/mol. The van der Waals surface area contributed by atoms with Crippen LogP contribution in [0.5, 0.6) is 0 Å². The highest BCUT2D eigenvalue weighted by Crippen LogP contribution is 2.34. The lowest BCUT2D eigenvalue weighted by atomic mass is 10.1. The average Bonchev–Trinajstić information content (AvgIpc) is 2.58. The van der Waals surface area contributed by atoms with Gasteiger partial charge in [0.25, 0.3) is 0 Å². The van der Waals surface area contributed by atoms with E-state index < -0.39 is 0 Å². The van der Waals surface area contributed by atoms with Crippen LogP contribution in [0.15, 0.2) is 18.2 Å². The van der Waals surface area contributed by atoms with E-state index in [2.05, 4.69) is 10.2 Å². The Hall–Kier alpha value is -1.26. The van der Waals surface area contributed by atoms with Gasteiger partial charge in [-0.25, -0.2) is 0 Å². The monoisotopic (exact) mass is 220 g/mol. The quantitative estimate of drug-likeness (QED) is 0.718. The Bertz CT molecular complexity index is 384. The Kier molecular flexibility index (Phi) is 2.78. The maximum atomic E-state index is 9.05. The fourth-order valence-corrected chi connectivity index (χ4v) is 1.83. The van der Waals surface area contributed by atoms with Gasteiger partial charge < -0.3 is 21.1 Å². The molecule has 0 saturated heterocycles. The van der Waals surface area contributed by atoms with Crippen molar-refractivity contribution in [1.82, 2.24) is 0 Å². The Morgan fingerprint density at radius 1 is 1.44 bits per heavy atom. The summed E-state index contributed by atoms with van der Waals surface area (Å²) in [5, 5.41) is 12.2. The summed E-state index contributed by atoms with van der Waals surface area (Å²) in [5.41, 5.74) is 8.80. The van der Waals surface area contributed by atoms with Crippen LogP contribution in [0.25, 0.3) is 0 Å². The Morgan fingerprint density at radius 3 is 2.81 bits per heavy atom. The third-order valence-corrected chi connectivity index (χ3v) is 2.51. The SMILES string of the molecule is CC(C)(N)CN1[CH]Nc2cc(CO)ccc21. The molecule has 1 heterocycles. The van der Waals surface area contributed by atoms with Crippen LogP contribution in [0.4, 0.5) is 11.4 Å². The first-order valence-electron chi connectivity index (χ1n) is 5.39. The van der Waals surface area contributed by atoms with Crippen molar-refractivity contribution in [2.24, 2.45) is 5.73 Å². The number of anilines is 2. The van der Waals surface area contributed by atoms with E-state index >= 15 is 0 Å². The number of rotatable bonds is 3. The summed E-state index contributed by atoms with van der Waals surface area (Å²) in [6.45, 7) is 6.74. The Balaban J connectivity index is 2.20. The molecule has 0 unspecified atom stereocenters. The zero-order valence-corrected chi connectivity index (χ0v) is 9.70. The minimum absolute atomic E-state index is 0.0668. The van der Waals surface area contributed by atoms with Gasteiger partial charge >= 0.3 is 0 Å². The molecule has 0 aromatic heterocycles. The number of aliphatic hydroxyl groups excluding tert-OH is 1. The van der Waals surface area contributed by atoms with Gasteiger partial charge in [0.2, 0.25) is 0 Å². The van der Waals surface area contributed by atoms with Crippen molar-refractivity contribution >= 4 is 11.4 Å². The molecule has 1 aromatic carbocycles. The van der Waals surface area contributed by atoms with Gasteiger partial charge in [0.15, 0.2) is 0 Å². The minimum Gasteiger partial charge on any atom is -0.392 e. The van der Waals surface area contributed by atoms with E-state index in [1.165, 1.54) is 0 Å². The number of benzene rings is 1. The third-order valence-electron chi connectivity index (χ3n) is 2.51. The van der Waals surface area contributed by atoms with Gasteiger partial charge in [0.05, 0.1) is 18.0 Å². The second-order valence-corrected chi connectivity index (χ2v) is 4.90. The van der Waals surface area contributed by atoms with Gasteiger partial charge in [0, 0.05) is 12.1 Å². The molecule has 1 radical (unpaired) electrons. The van der Waals surface area contributed by atoms with Crippen molar-refractivity contribution in [2.45, 2.75) is 26.0 Å². The standard InChI is InChI=1S/C12H18N3O/c1-12(2,13)7-15-8-14-10-5-9(6-16)3-4-11(10)15/h3-5,8,14,16H,6-7,13H2,1-2H3. The van der Waals surface area contributed by atoms with Crippen molar-refractivity contribution in [1.29, 1.82) is 0 Å². The molecule has 0 bridgehead atoms. The van der Waals surface area contributed by atoms with E-state index in [-0.39, 0.29) is 12.1 Å². The molecule has 4 nitrogen and oxygen atoms in total. The highest BCUT2D eigenvalue weighted by Gasteiger charge is 2.24. The molecule has 0 atom stereocenters. The molecule has 0 amide bonds. The highest BCUT2D eigenvalue weighted by molar-refractivity contribution is 5.77. The molecule has 4 N–H and O–H groups in total. The lowest BCUT2D eigenvalue weighted by Crippen LogP contribution is -2.44. The fraction of sp³-hybridized carbons (Fsp3) is 0.417. The predicted molar refractivity (Wildman–Crippen MR) is 65.9 cm³/mol. The molecule has 0 aliphatic carbocycles. The van der Waals surface area contributed by atoms with E-state index in [1.54, 1.807) is 0 Å². The van der Waals surface area contributed by atoms with E-state index in [1.807, 2.05) is 38.7 Å². The fourth-order valence-electron chi connectivity index (χ4n) is 1.83. The van der Waals surface area contributed by atoms with Crippen LogP contribution in [-0.2, 0) is 6.61 Å². The first-order valence-corrected chi connectivity index (χ1v) is 5.39. The molecular formula is C12H18N3O. The molecule has 2 rings (SSSR count). The highest BCUT2D eigenvalue weighted by atomic mass is 16.3. The summed E-state index contributed by atoms with van der Waals surface area (Å²) >= 11 is 0. The van der Waals surface area contributed by atoms with Gasteiger partial charge in [0.1, 0.15) is 6.67 Å². The summed E-state index contributed by atoms with van der Waals surface area (Å²) in [5.74, 6) is 0. The smallest absolute Gasteiger partial charge is 0.139 e. The van der Waals surface area contributed by atoms with Crippen LogP contribution in [0.2, 0.25) is 0 Å². The predicted octanol–water partition coefficient (Wildman–Crippen LogP) is 1.27. The lowest BCUT2D eigenvalue weighted by molar-refractivity contribution is 0.282. The topological polar surface area (TPSA) is 61.5 Å². The van der Waals surface area contributed by atoms with Crippen LogP contribution >= 0.6 is 0 Å². The third kappa shape index (κ3) is 2.28. The Morgan fingerprint density at radius 2 is 2.19 bits per heavy atom. The van der Waals surface area contributed by atoms with Gasteiger partial charge in [-0.05, 0) is 31.5 Å². The largest absolute Gasteiger partial charge is 0.392 e. The molecule has 1 aliphatic rings. The van der Waals surface area contributed by atoms with Crippen molar-refractivity contribution in [3.05, 3.63) is 30.4 Å². The van der Waals surface area contributed by atoms with E-state index in [4.69, 9.17) is 10.8 Å². The number of aliphatic hydroxyl groups is 1. The first kappa shape index (κ1) is 11.2. The summed E-state index contributed by atoms with van der Waals surface area (Å²) < 4.78 is 0. The van der Waals surface area contributed by atoms with E-state index in [0.717, 1.165) is 23.5 Å². The summed E-state index contributed by atoms with van der Waals surface area (Å²) in [7, 11) is 0. The molecule has 87 valence electrons. The van der Waals surface area contributed by atoms with Gasteiger partial charge in [-0.3, -0.25) is 0 Å². The van der Waals surface area contributed by atoms with Gasteiger partial charge in [-0.1, -0.05) is 6.07 Å². The Labute approximate surface area is 96.1 Å². The molecule has 1 aromatic rings. The molecule has 0 fully saturated rings. The minimum atomic E-state index is -0.241. The van der Waals surface area contributed by atoms with E-state index in [9.17, 15) is 0 Å².